The predicted octanol–water partition coefficient (Wildman–Crippen LogP) is 6.56. The van der Waals surface area contributed by atoms with Gasteiger partial charge in [0.1, 0.15) is 0 Å². The molecule has 0 bridgehead atoms. The Balaban J connectivity index is 3.47. The van der Waals surface area contributed by atoms with Crippen LogP contribution in [0.2, 0.25) is 0 Å². The molecule has 0 aliphatic rings. The minimum Gasteiger partial charge on any atom is -0.343 e. The smallest absolute Gasteiger partial charge is 0.222 e. The maximum atomic E-state index is 12.1. The molecule has 0 rings (SSSR count). The first-order valence-electron chi connectivity index (χ1n) is 10.1. The zero-order chi connectivity index (χ0) is 17.2. The molecule has 0 aromatic rings. The van der Waals surface area contributed by atoms with Crippen LogP contribution in [-0.4, -0.2) is 29.8 Å². The first-order valence-corrected chi connectivity index (χ1v) is 10.6. The Kier molecular flexibility index (Phi) is 17.9. The van der Waals surface area contributed by atoms with Crippen molar-refractivity contribution < 1.29 is 4.79 Å². The highest BCUT2D eigenvalue weighted by Gasteiger charge is 2.10. The Labute approximate surface area is 150 Å². The van der Waals surface area contributed by atoms with Gasteiger partial charge in [-0.2, -0.15) is 0 Å². The summed E-state index contributed by atoms with van der Waals surface area (Å²) in [5.41, 5.74) is 0. The predicted molar refractivity (Wildman–Crippen MR) is 103 cm³/mol. The van der Waals surface area contributed by atoms with E-state index in [0.29, 0.717) is 18.2 Å². The summed E-state index contributed by atoms with van der Waals surface area (Å²) in [5.74, 6) is 1.04. The van der Waals surface area contributed by atoms with Gasteiger partial charge in [0, 0.05) is 25.4 Å². The van der Waals surface area contributed by atoms with Crippen LogP contribution in [0.15, 0.2) is 0 Å². The summed E-state index contributed by atoms with van der Waals surface area (Å²) >= 11 is 5.66. The van der Waals surface area contributed by atoms with Gasteiger partial charge in [0.2, 0.25) is 5.91 Å². The molecule has 0 spiro atoms. The third kappa shape index (κ3) is 15.1. The second kappa shape index (κ2) is 18.1. The van der Waals surface area contributed by atoms with Crippen LogP contribution in [-0.2, 0) is 4.79 Å². The van der Waals surface area contributed by atoms with Gasteiger partial charge in [-0.3, -0.25) is 4.79 Å². The van der Waals surface area contributed by atoms with E-state index in [9.17, 15) is 4.79 Å². The van der Waals surface area contributed by atoms with Gasteiger partial charge in [-0.1, -0.05) is 71.1 Å². The van der Waals surface area contributed by atoms with E-state index >= 15 is 0 Å². The van der Waals surface area contributed by atoms with E-state index in [1.54, 1.807) is 0 Å². The van der Waals surface area contributed by atoms with Gasteiger partial charge >= 0.3 is 0 Å². The molecule has 3 heteroatoms. The molecule has 1 amide bonds. The van der Waals surface area contributed by atoms with E-state index in [1.807, 2.05) is 4.90 Å². The van der Waals surface area contributed by atoms with Crippen molar-refractivity contribution >= 4 is 17.5 Å². The number of amides is 1. The van der Waals surface area contributed by atoms with Crippen LogP contribution in [0, 0.1) is 0 Å². The summed E-state index contributed by atoms with van der Waals surface area (Å²) in [4.78, 5) is 14.2. The van der Waals surface area contributed by atoms with Gasteiger partial charge in [0.05, 0.1) is 0 Å². The van der Waals surface area contributed by atoms with Gasteiger partial charge in [-0.05, 0) is 26.2 Å². The Morgan fingerprint density at radius 3 is 1.78 bits per heavy atom. The summed E-state index contributed by atoms with van der Waals surface area (Å²) in [5, 5.41) is 0. The molecule has 138 valence electrons. The molecule has 0 N–H and O–H groups in total. The monoisotopic (exact) mass is 345 g/mol. The van der Waals surface area contributed by atoms with Crippen molar-refractivity contribution in [3.05, 3.63) is 0 Å². The van der Waals surface area contributed by atoms with E-state index < -0.39 is 0 Å². The van der Waals surface area contributed by atoms with Gasteiger partial charge in [-0.15, -0.1) is 11.6 Å². The molecule has 0 aliphatic carbocycles. The third-order valence-electron chi connectivity index (χ3n) is 4.54. The Morgan fingerprint density at radius 1 is 0.739 bits per heavy atom. The third-order valence-corrected chi connectivity index (χ3v) is 4.81. The number of alkyl halides is 1. The van der Waals surface area contributed by atoms with Gasteiger partial charge in [0.15, 0.2) is 0 Å². The quantitative estimate of drug-likeness (QED) is 0.216. The van der Waals surface area contributed by atoms with E-state index in [1.165, 1.54) is 57.8 Å². The molecule has 0 aromatic carbocycles. The average molecular weight is 346 g/mol. The maximum Gasteiger partial charge on any atom is 0.222 e. The summed E-state index contributed by atoms with van der Waals surface area (Å²) in [7, 11) is 0. The summed E-state index contributed by atoms with van der Waals surface area (Å²) < 4.78 is 0. The number of carbonyl (C=O) groups excluding carboxylic acids is 1. The molecule has 0 heterocycles. The van der Waals surface area contributed by atoms with Crippen LogP contribution in [0.25, 0.3) is 0 Å². The number of nitrogens with zero attached hydrogens (tertiary/aromatic N) is 1. The number of unbranched alkanes of at least 4 members (excludes halogenated alkanes) is 11. The van der Waals surface area contributed by atoms with Crippen molar-refractivity contribution in [1.82, 2.24) is 4.90 Å². The fourth-order valence-electron chi connectivity index (χ4n) is 2.95. The highest BCUT2D eigenvalue weighted by molar-refractivity contribution is 6.17. The fourth-order valence-corrected chi connectivity index (χ4v) is 3.14. The van der Waals surface area contributed by atoms with Gasteiger partial charge in [0.25, 0.3) is 0 Å². The van der Waals surface area contributed by atoms with Crippen LogP contribution >= 0.6 is 11.6 Å². The lowest BCUT2D eigenvalue weighted by molar-refractivity contribution is -0.131. The lowest BCUT2D eigenvalue weighted by atomic mass is 10.1. The lowest BCUT2D eigenvalue weighted by Gasteiger charge is -2.20. The number of carbonyl (C=O) groups is 1. The fraction of sp³-hybridized carbons (Fsp3) is 0.950. The maximum absolute atomic E-state index is 12.1. The topological polar surface area (TPSA) is 20.3 Å². The van der Waals surface area contributed by atoms with Crippen LogP contribution < -0.4 is 0 Å². The van der Waals surface area contributed by atoms with Crippen molar-refractivity contribution in [2.75, 3.05) is 19.0 Å². The highest BCUT2D eigenvalue weighted by Crippen LogP contribution is 2.11. The van der Waals surface area contributed by atoms with E-state index in [4.69, 9.17) is 11.6 Å². The molecule has 0 saturated carbocycles. The molecule has 23 heavy (non-hydrogen) atoms. The van der Waals surface area contributed by atoms with E-state index in [2.05, 4.69) is 13.8 Å². The number of rotatable bonds is 17. The molecular formula is C20H40ClNO. The molecule has 0 aliphatic heterocycles. The zero-order valence-corrected chi connectivity index (χ0v) is 16.5. The molecule has 0 fully saturated rings. The largest absolute Gasteiger partial charge is 0.343 e. The number of halogens is 1. The molecule has 2 nitrogen and oxygen atoms in total. The lowest BCUT2D eigenvalue weighted by Crippen LogP contribution is -2.31. The molecule has 0 radical (unpaired) electrons. The number of hydrogen-bond donors (Lipinski definition) is 0. The second-order valence-corrected chi connectivity index (χ2v) is 7.03. The average Bonchev–Trinajstić information content (AvgIpc) is 2.56. The molecule has 0 saturated heterocycles. The van der Waals surface area contributed by atoms with Crippen molar-refractivity contribution in [3.8, 4) is 0 Å². The molecule has 0 atom stereocenters. The summed E-state index contributed by atoms with van der Waals surface area (Å²) in [6.45, 7) is 6.16. The zero-order valence-electron chi connectivity index (χ0n) is 15.8. The summed E-state index contributed by atoms with van der Waals surface area (Å²) in [6, 6.07) is 0. The van der Waals surface area contributed by atoms with E-state index in [-0.39, 0.29) is 0 Å². The Bertz CT molecular complexity index is 258. The second-order valence-electron chi connectivity index (χ2n) is 6.66. The summed E-state index contributed by atoms with van der Waals surface area (Å²) in [6.07, 6.45) is 17.3. The first kappa shape index (κ1) is 22.8. The van der Waals surface area contributed by atoms with E-state index in [0.717, 1.165) is 38.8 Å². The van der Waals surface area contributed by atoms with Crippen LogP contribution in [0.3, 0.4) is 0 Å². The SMILES string of the molecule is CCCCCCCCCCCCN(CC)C(=O)CCCCCCl. The number of hydrogen-bond acceptors (Lipinski definition) is 1. The molecule has 0 unspecified atom stereocenters. The first-order chi connectivity index (χ1) is 11.3. The Hall–Kier alpha value is -0.240. The van der Waals surface area contributed by atoms with Crippen molar-refractivity contribution in [3.63, 3.8) is 0 Å². The van der Waals surface area contributed by atoms with Crippen LogP contribution in [0.5, 0.6) is 0 Å². The Morgan fingerprint density at radius 2 is 1.26 bits per heavy atom. The standard InChI is InChI=1S/C20H40ClNO/c1-3-5-6-7-8-9-10-11-12-16-19-22(4-2)20(23)17-14-13-15-18-21/h3-19H2,1-2H3. The highest BCUT2D eigenvalue weighted by atomic mass is 35.5. The minimum atomic E-state index is 0.331. The molecule has 0 aromatic heterocycles. The molecular weight excluding hydrogens is 306 g/mol. The minimum absolute atomic E-state index is 0.331. The van der Waals surface area contributed by atoms with Gasteiger partial charge < -0.3 is 4.90 Å². The van der Waals surface area contributed by atoms with Crippen LogP contribution in [0.1, 0.15) is 104 Å². The van der Waals surface area contributed by atoms with Gasteiger partial charge in [-0.25, -0.2) is 0 Å². The van der Waals surface area contributed by atoms with Crippen molar-refractivity contribution in [1.29, 1.82) is 0 Å². The normalized spacial score (nSPS) is 10.9. The van der Waals surface area contributed by atoms with Crippen molar-refractivity contribution in [2.45, 2.75) is 104 Å². The van der Waals surface area contributed by atoms with Crippen molar-refractivity contribution in [2.24, 2.45) is 0 Å². The van der Waals surface area contributed by atoms with Crippen LogP contribution in [0.4, 0.5) is 0 Å².